The number of pyridine rings is 1. The number of halogens is 1. The summed E-state index contributed by atoms with van der Waals surface area (Å²) in [5.74, 6) is 1.55. The summed E-state index contributed by atoms with van der Waals surface area (Å²) in [6, 6.07) is 16.7. The molecule has 2 aromatic carbocycles. The van der Waals surface area contributed by atoms with E-state index in [2.05, 4.69) is 15.3 Å². The highest BCUT2D eigenvalue weighted by molar-refractivity contribution is 8.00. The zero-order valence-electron chi connectivity index (χ0n) is 15.9. The maximum atomic E-state index is 12.3. The first-order valence-electron chi connectivity index (χ1n) is 9.24. The van der Waals surface area contributed by atoms with Crippen LogP contribution in [-0.2, 0) is 4.79 Å². The highest BCUT2D eigenvalue weighted by Crippen LogP contribution is 2.32. The van der Waals surface area contributed by atoms with Gasteiger partial charge in [0.25, 0.3) is 0 Å². The van der Waals surface area contributed by atoms with Crippen LogP contribution in [0.4, 0.5) is 11.4 Å². The fraction of sp³-hybridized carbons (Fsp3) is 0.136. The third kappa shape index (κ3) is 5.31. The molecule has 0 saturated carbocycles. The molecule has 0 spiro atoms. The quantitative estimate of drug-likeness (QED) is 0.333. The van der Waals surface area contributed by atoms with Crippen LogP contribution in [0.3, 0.4) is 0 Å². The summed E-state index contributed by atoms with van der Waals surface area (Å²) in [6.07, 6.45) is 3.31. The van der Waals surface area contributed by atoms with E-state index in [0.29, 0.717) is 41.3 Å². The van der Waals surface area contributed by atoms with Gasteiger partial charge in [-0.05, 0) is 48.5 Å². The number of aromatic nitrogens is 1. The van der Waals surface area contributed by atoms with Crippen LogP contribution < -0.4 is 14.8 Å². The number of carbonyl (C=O) groups excluding carboxylic acids is 1. The zero-order valence-corrected chi connectivity index (χ0v) is 17.4. The van der Waals surface area contributed by atoms with Crippen molar-refractivity contribution >= 4 is 46.9 Å². The minimum absolute atomic E-state index is 0.0926. The number of fused-ring (bicyclic) bond motifs is 1. The van der Waals surface area contributed by atoms with Gasteiger partial charge in [-0.25, -0.2) is 4.98 Å². The Morgan fingerprint density at radius 1 is 1.13 bits per heavy atom. The monoisotopic (exact) mass is 439 g/mol. The number of rotatable bonds is 6. The molecule has 1 aliphatic heterocycles. The molecule has 1 N–H and O–H groups in total. The summed E-state index contributed by atoms with van der Waals surface area (Å²) < 4.78 is 11.0. The van der Waals surface area contributed by atoms with Crippen molar-refractivity contribution in [1.82, 2.24) is 4.98 Å². The average molecular weight is 440 g/mol. The molecule has 0 radical (unpaired) electrons. The van der Waals surface area contributed by atoms with Gasteiger partial charge in [-0.15, -0.1) is 11.8 Å². The molecule has 0 fully saturated rings. The van der Waals surface area contributed by atoms with Crippen LogP contribution in [0.1, 0.15) is 5.56 Å². The van der Waals surface area contributed by atoms with Crippen molar-refractivity contribution in [3.63, 3.8) is 0 Å². The van der Waals surface area contributed by atoms with Crippen LogP contribution >= 0.6 is 23.4 Å². The normalized spacial score (nSPS) is 12.7. The Kier molecular flexibility index (Phi) is 6.51. The lowest BCUT2D eigenvalue weighted by atomic mass is 10.2. The van der Waals surface area contributed by atoms with E-state index in [9.17, 15) is 4.79 Å². The van der Waals surface area contributed by atoms with Crippen molar-refractivity contribution in [2.75, 3.05) is 24.3 Å². The molecule has 0 bridgehead atoms. The van der Waals surface area contributed by atoms with Gasteiger partial charge in [-0.2, -0.15) is 0 Å². The minimum Gasteiger partial charge on any atom is -0.486 e. The SMILES string of the molecule is O=C(CSc1ccc(N=Cc2cccnc2Cl)cc1)Nc1ccc2c(c1)OCCO2. The average Bonchev–Trinajstić information content (AvgIpc) is 2.78. The third-order valence-electron chi connectivity index (χ3n) is 4.17. The summed E-state index contributed by atoms with van der Waals surface area (Å²) in [4.78, 5) is 21.7. The van der Waals surface area contributed by atoms with E-state index in [4.69, 9.17) is 21.1 Å². The van der Waals surface area contributed by atoms with E-state index in [-0.39, 0.29) is 5.91 Å². The number of aliphatic imine (C=N–C) groups is 1. The van der Waals surface area contributed by atoms with Crippen molar-refractivity contribution < 1.29 is 14.3 Å². The third-order valence-corrected chi connectivity index (χ3v) is 5.50. The fourth-order valence-corrected chi connectivity index (χ4v) is 3.60. The van der Waals surface area contributed by atoms with E-state index < -0.39 is 0 Å². The van der Waals surface area contributed by atoms with Gasteiger partial charge in [-0.1, -0.05) is 11.6 Å². The first-order valence-corrected chi connectivity index (χ1v) is 10.6. The van der Waals surface area contributed by atoms with Crippen molar-refractivity contribution in [2.45, 2.75) is 4.90 Å². The van der Waals surface area contributed by atoms with Crippen LogP contribution in [0, 0.1) is 0 Å². The molecule has 2 heterocycles. The van der Waals surface area contributed by atoms with Gasteiger partial charge >= 0.3 is 0 Å². The molecule has 3 aromatic rings. The molecule has 6 nitrogen and oxygen atoms in total. The first kappa shape index (κ1) is 20.3. The molecular weight excluding hydrogens is 422 g/mol. The molecular formula is C22H18ClN3O3S. The Bertz CT molecular complexity index is 1070. The van der Waals surface area contributed by atoms with Crippen LogP contribution in [0.2, 0.25) is 5.15 Å². The Morgan fingerprint density at radius 3 is 2.73 bits per heavy atom. The number of ether oxygens (including phenoxy) is 2. The predicted octanol–water partition coefficient (Wildman–Crippen LogP) is 4.99. The maximum absolute atomic E-state index is 12.3. The second-order valence-electron chi connectivity index (χ2n) is 6.33. The molecule has 1 amide bonds. The number of nitrogens with one attached hydrogen (secondary N) is 1. The van der Waals surface area contributed by atoms with Gasteiger partial charge < -0.3 is 14.8 Å². The van der Waals surface area contributed by atoms with Crippen molar-refractivity contribution in [3.8, 4) is 11.5 Å². The van der Waals surface area contributed by atoms with E-state index in [0.717, 1.165) is 16.1 Å². The molecule has 30 heavy (non-hydrogen) atoms. The lowest BCUT2D eigenvalue weighted by Gasteiger charge is -2.19. The highest BCUT2D eigenvalue weighted by Gasteiger charge is 2.13. The Labute approximate surface area is 183 Å². The van der Waals surface area contributed by atoms with Gasteiger partial charge in [-0.3, -0.25) is 9.79 Å². The highest BCUT2D eigenvalue weighted by atomic mass is 35.5. The molecule has 0 atom stereocenters. The van der Waals surface area contributed by atoms with Gasteiger partial charge in [0.1, 0.15) is 18.4 Å². The number of hydrogen-bond donors (Lipinski definition) is 1. The largest absolute Gasteiger partial charge is 0.486 e. The standard InChI is InChI=1S/C22H18ClN3O3S/c23-22-15(2-1-9-24-22)13-25-16-3-6-18(7-4-16)30-14-21(27)26-17-5-8-19-20(12-17)29-11-10-28-19/h1-9,12-13H,10-11,14H2,(H,26,27). The second kappa shape index (κ2) is 9.65. The van der Waals surface area contributed by atoms with Crippen LogP contribution in [-0.4, -0.2) is 36.1 Å². The van der Waals surface area contributed by atoms with Gasteiger partial charge in [0.05, 0.1) is 11.4 Å². The number of nitrogens with zero attached hydrogens (tertiary/aromatic N) is 2. The number of benzene rings is 2. The van der Waals surface area contributed by atoms with E-state index in [1.165, 1.54) is 11.8 Å². The molecule has 1 aromatic heterocycles. The van der Waals surface area contributed by atoms with Gasteiger partial charge in [0.2, 0.25) is 5.91 Å². The van der Waals surface area contributed by atoms with Gasteiger partial charge in [0, 0.05) is 34.6 Å². The van der Waals surface area contributed by atoms with E-state index >= 15 is 0 Å². The van der Waals surface area contributed by atoms with E-state index in [1.54, 1.807) is 30.6 Å². The Balaban J connectivity index is 1.29. The summed E-state index contributed by atoms with van der Waals surface area (Å²) in [5.41, 5.74) is 2.23. The van der Waals surface area contributed by atoms with Crippen LogP contribution in [0.25, 0.3) is 0 Å². The predicted molar refractivity (Wildman–Crippen MR) is 120 cm³/mol. The smallest absolute Gasteiger partial charge is 0.234 e. The molecule has 0 saturated heterocycles. The number of anilines is 1. The van der Waals surface area contributed by atoms with Crippen molar-refractivity contribution in [3.05, 3.63) is 71.5 Å². The topological polar surface area (TPSA) is 72.8 Å². The summed E-state index contributed by atoms with van der Waals surface area (Å²) in [7, 11) is 0. The van der Waals surface area contributed by atoms with Crippen LogP contribution in [0.5, 0.6) is 11.5 Å². The number of hydrogen-bond acceptors (Lipinski definition) is 6. The summed E-state index contributed by atoms with van der Waals surface area (Å²) in [5, 5.41) is 3.29. The Hall–Kier alpha value is -3.03. The molecule has 4 rings (SSSR count). The Morgan fingerprint density at radius 2 is 1.93 bits per heavy atom. The van der Waals surface area contributed by atoms with E-state index in [1.807, 2.05) is 36.4 Å². The number of amides is 1. The molecule has 1 aliphatic rings. The zero-order chi connectivity index (χ0) is 20.8. The fourth-order valence-electron chi connectivity index (χ4n) is 2.73. The summed E-state index contributed by atoms with van der Waals surface area (Å²) >= 11 is 7.47. The first-order chi connectivity index (χ1) is 14.7. The number of thioether (sulfide) groups is 1. The maximum Gasteiger partial charge on any atom is 0.234 e. The molecule has 0 aliphatic carbocycles. The summed E-state index contributed by atoms with van der Waals surface area (Å²) in [6.45, 7) is 1.05. The molecule has 0 unspecified atom stereocenters. The lowest BCUT2D eigenvalue weighted by molar-refractivity contribution is -0.113. The van der Waals surface area contributed by atoms with Gasteiger partial charge in [0.15, 0.2) is 11.5 Å². The molecule has 8 heteroatoms. The van der Waals surface area contributed by atoms with Crippen molar-refractivity contribution in [2.24, 2.45) is 4.99 Å². The van der Waals surface area contributed by atoms with Crippen LogP contribution in [0.15, 0.2) is 70.7 Å². The second-order valence-corrected chi connectivity index (χ2v) is 7.74. The minimum atomic E-state index is -0.0926. The molecule has 152 valence electrons. The van der Waals surface area contributed by atoms with Crippen molar-refractivity contribution in [1.29, 1.82) is 0 Å². The number of carbonyl (C=O) groups is 1. The lowest BCUT2D eigenvalue weighted by Crippen LogP contribution is -2.17.